The van der Waals surface area contributed by atoms with E-state index in [4.69, 9.17) is 40.2 Å². The number of fused-ring (bicyclic) bond motifs is 4. The van der Waals surface area contributed by atoms with Gasteiger partial charge in [-0.15, -0.1) is 0 Å². The number of carbonyl (C=O) groups is 1. The lowest BCUT2D eigenvalue weighted by atomic mass is 9.78. The maximum Gasteiger partial charge on any atom is 0.236 e. The van der Waals surface area contributed by atoms with Crippen molar-refractivity contribution >= 4 is 57.8 Å². The number of amides is 1. The number of hydrogen-bond donors (Lipinski definition) is 2. The van der Waals surface area contributed by atoms with Crippen LogP contribution in [0.3, 0.4) is 0 Å². The predicted molar refractivity (Wildman–Crippen MR) is 131 cm³/mol. The van der Waals surface area contributed by atoms with Crippen LogP contribution in [0.2, 0.25) is 10.0 Å². The first-order chi connectivity index (χ1) is 15.4. The summed E-state index contributed by atoms with van der Waals surface area (Å²) in [6, 6.07) is 21.7. The Labute approximate surface area is 201 Å². The first-order valence-corrected chi connectivity index (χ1v) is 11.2. The number of para-hydroxylation sites is 1. The average molecular weight is 484 g/mol. The molecule has 0 spiro atoms. The highest BCUT2D eigenvalue weighted by atomic mass is 35.5. The summed E-state index contributed by atoms with van der Waals surface area (Å²) >= 11 is 17.8. The SMILES string of the molecule is C[C@]12Oc3ccccc3[C@@H](NC(=S)N1c1ccc(Cl)cc1)[C@@H]2C(=O)Nc1ccc(Cl)cc1. The molecule has 3 aromatic rings. The first-order valence-electron chi connectivity index (χ1n) is 10.1. The lowest BCUT2D eigenvalue weighted by molar-refractivity contribution is -0.130. The maximum atomic E-state index is 13.7. The second kappa shape index (κ2) is 7.96. The minimum absolute atomic E-state index is 0.191. The van der Waals surface area contributed by atoms with Gasteiger partial charge in [-0.2, -0.15) is 0 Å². The third-order valence-electron chi connectivity index (χ3n) is 5.89. The fourth-order valence-electron chi connectivity index (χ4n) is 4.46. The quantitative estimate of drug-likeness (QED) is 0.461. The summed E-state index contributed by atoms with van der Waals surface area (Å²) in [5.41, 5.74) is 1.24. The number of hydrogen-bond acceptors (Lipinski definition) is 3. The Kier molecular flexibility index (Phi) is 5.24. The van der Waals surface area contributed by atoms with Gasteiger partial charge in [-0.05, 0) is 73.7 Å². The molecule has 0 unspecified atom stereocenters. The van der Waals surface area contributed by atoms with Gasteiger partial charge in [0.25, 0.3) is 0 Å². The molecule has 1 saturated heterocycles. The molecule has 8 heteroatoms. The summed E-state index contributed by atoms with van der Waals surface area (Å²) in [5, 5.41) is 8.08. The van der Waals surface area contributed by atoms with Gasteiger partial charge in [0.1, 0.15) is 11.7 Å². The van der Waals surface area contributed by atoms with Gasteiger partial charge in [-0.25, -0.2) is 0 Å². The molecule has 0 saturated carbocycles. The minimum atomic E-state index is -1.08. The molecular formula is C24H19Cl2N3O2S. The Bertz CT molecular complexity index is 1200. The number of halogens is 2. The van der Waals surface area contributed by atoms with E-state index >= 15 is 0 Å². The number of anilines is 2. The molecule has 162 valence electrons. The Morgan fingerprint density at radius 2 is 1.66 bits per heavy atom. The van der Waals surface area contributed by atoms with Crippen LogP contribution in [0.4, 0.5) is 11.4 Å². The number of nitrogens with zero attached hydrogens (tertiary/aromatic N) is 1. The van der Waals surface area contributed by atoms with E-state index in [1.54, 1.807) is 36.4 Å². The third-order valence-corrected chi connectivity index (χ3v) is 6.69. The fraction of sp³-hybridized carbons (Fsp3) is 0.167. The molecule has 2 aliphatic rings. The zero-order valence-corrected chi connectivity index (χ0v) is 19.3. The monoisotopic (exact) mass is 483 g/mol. The Morgan fingerprint density at radius 1 is 1.03 bits per heavy atom. The van der Waals surface area contributed by atoms with Crippen LogP contribution in [0.15, 0.2) is 72.8 Å². The molecule has 5 rings (SSSR count). The second-order valence-electron chi connectivity index (χ2n) is 7.91. The van der Waals surface area contributed by atoms with Gasteiger partial charge in [-0.3, -0.25) is 9.69 Å². The summed E-state index contributed by atoms with van der Waals surface area (Å²) in [6.45, 7) is 1.89. The van der Waals surface area contributed by atoms with E-state index in [1.165, 1.54) is 0 Å². The Hall–Kier alpha value is -2.80. The van der Waals surface area contributed by atoms with Gasteiger partial charge in [0.2, 0.25) is 5.91 Å². The zero-order chi connectivity index (χ0) is 22.5. The molecule has 0 aromatic heterocycles. The van der Waals surface area contributed by atoms with Crippen molar-refractivity contribution in [2.45, 2.75) is 18.7 Å². The van der Waals surface area contributed by atoms with E-state index < -0.39 is 11.6 Å². The molecule has 3 atom stereocenters. The van der Waals surface area contributed by atoms with Crippen molar-refractivity contribution in [3.63, 3.8) is 0 Å². The van der Waals surface area contributed by atoms with Crippen LogP contribution >= 0.6 is 35.4 Å². The number of ether oxygens (including phenoxy) is 1. The molecule has 2 N–H and O–H groups in total. The van der Waals surface area contributed by atoms with Gasteiger partial charge in [0.05, 0.1) is 6.04 Å². The molecule has 3 aromatic carbocycles. The number of nitrogens with one attached hydrogen (secondary N) is 2. The van der Waals surface area contributed by atoms with E-state index in [2.05, 4.69) is 10.6 Å². The number of rotatable bonds is 3. The van der Waals surface area contributed by atoms with Gasteiger partial charge < -0.3 is 15.4 Å². The number of benzene rings is 3. The van der Waals surface area contributed by atoms with Gasteiger partial charge >= 0.3 is 0 Å². The molecule has 5 nitrogen and oxygen atoms in total. The lowest BCUT2D eigenvalue weighted by Crippen LogP contribution is -2.72. The van der Waals surface area contributed by atoms with Gasteiger partial charge in [-0.1, -0.05) is 41.4 Å². The molecular weight excluding hydrogens is 465 g/mol. The van der Waals surface area contributed by atoms with E-state index in [0.717, 1.165) is 11.3 Å². The van der Waals surface area contributed by atoms with E-state index in [0.29, 0.717) is 26.6 Å². The van der Waals surface area contributed by atoms with Crippen LogP contribution in [0.1, 0.15) is 18.5 Å². The van der Waals surface area contributed by atoms with Crippen molar-refractivity contribution in [1.82, 2.24) is 5.32 Å². The minimum Gasteiger partial charge on any atom is -0.467 e. The van der Waals surface area contributed by atoms with Crippen molar-refractivity contribution in [3.8, 4) is 5.75 Å². The van der Waals surface area contributed by atoms with Crippen LogP contribution in [0.25, 0.3) is 0 Å². The summed E-state index contributed by atoms with van der Waals surface area (Å²) in [7, 11) is 0. The van der Waals surface area contributed by atoms with Crippen molar-refractivity contribution in [1.29, 1.82) is 0 Å². The van der Waals surface area contributed by atoms with Crippen molar-refractivity contribution < 1.29 is 9.53 Å². The molecule has 2 bridgehead atoms. The van der Waals surface area contributed by atoms with Crippen LogP contribution in [0, 0.1) is 5.92 Å². The summed E-state index contributed by atoms with van der Waals surface area (Å²) in [6.07, 6.45) is 0. The van der Waals surface area contributed by atoms with Crippen LogP contribution in [0.5, 0.6) is 5.75 Å². The second-order valence-corrected chi connectivity index (χ2v) is 9.17. The summed E-state index contributed by atoms with van der Waals surface area (Å²) in [5.74, 6) is -0.0942. The van der Waals surface area contributed by atoms with Crippen LogP contribution in [-0.2, 0) is 4.79 Å². The van der Waals surface area contributed by atoms with Crippen LogP contribution < -0.4 is 20.3 Å². The standard InChI is InChI=1S/C24H19Cl2N3O2S/c1-24-20(22(30)27-16-10-6-14(25)7-11-16)21(18-4-2-3-5-19(18)31-24)28-23(32)29(24)17-12-8-15(26)9-13-17/h2-13,20-21H,1H3,(H,27,30)(H,28,32)/t20-,21-,24-/m1/s1. The molecule has 0 aliphatic carbocycles. The molecule has 2 heterocycles. The molecule has 1 fully saturated rings. The first kappa shape index (κ1) is 21.1. The van der Waals surface area contributed by atoms with Crippen LogP contribution in [-0.4, -0.2) is 16.7 Å². The van der Waals surface area contributed by atoms with E-state index in [1.807, 2.05) is 48.2 Å². The Morgan fingerprint density at radius 3 is 2.34 bits per heavy atom. The normalized spacial score (nSPS) is 23.6. The predicted octanol–water partition coefficient (Wildman–Crippen LogP) is 5.79. The molecule has 0 radical (unpaired) electrons. The highest BCUT2D eigenvalue weighted by molar-refractivity contribution is 7.80. The van der Waals surface area contributed by atoms with Crippen molar-refractivity contribution in [2.24, 2.45) is 5.92 Å². The largest absolute Gasteiger partial charge is 0.467 e. The lowest BCUT2D eigenvalue weighted by Gasteiger charge is -2.56. The summed E-state index contributed by atoms with van der Waals surface area (Å²) < 4.78 is 6.53. The number of carbonyl (C=O) groups excluding carboxylic acids is 1. The molecule has 2 aliphatic heterocycles. The third kappa shape index (κ3) is 3.48. The summed E-state index contributed by atoms with van der Waals surface area (Å²) in [4.78, 5) is 15.5. The molecule has 1 amide bonds. The average Bonchev–Trinajstić information content (AvgIpc) is 2.76. The van der Waals surface area contributed by atoms with E-state index in [9.17, 15) is 4.79 Å². The zero-order valence-electron chi connectivity index (χ0n) is 17.0. The van der Waals surface area contributed by atoms with E-state index in [-0.39, 0.29) is 11.9 Å². The van der Waals surface area contributed by atoms with Gasteiger partial charge in [0, 0.05) is 27.0 Å². The Balaban J connectivity index is 1.60. The maximum absolute atomic E-state index is 13.7. The highest BCUT2D eigenvalue weighted by Gasteiger charge is 2.59. The van der Waals surface area contributed by atoms with Crippen molar-refractivity contribution in [2.75, 3.05) is 10.2 Å². The van der Waals surface area contributed by atoms with Gasteiger partial charge in [0.15, 0.2) is 10.8 Å². The smallest absolute Gasteiger partial charge is 0.236 e. The molecule has 32 heavy (non-hydrogen) atoms. The fourth-order valence-corrected chi connectivity index (χ4v) is 5.13. The highest BCUT2D eigenvalue weighted by Crippen LogP contribution is 2.49. The topological polar surface area (TPSA) is 53.6 Å². The van der Waals surface area contributed by atoms with Crippen molar-refractivity contribution in [3.05, 3.63) is 88.4 Å². The number of thiocarbonyl (C=S) groups is 1.